The van der Waals surface area contributed by atoms with Crippen molar-refractivity contribution in [2.24, 2.45) is 0 Å². The van der Waals surface area contributed by atoms with Crippen molar-refractivity contribution in [3.8, 4) is 28.3 Å². The largest absolute Gasteiger partial charge is 0.277 e. The van der Waals surface area contributed by atoms with Gasteiger partial charge in [0.2, 0.25) is 5.95 Å². The first-order valence-corrected chi connectivity index (χ1v) is 17.7. The van der Waals surface area contributed by atoms with E-state index in [0.717, 1.165) is 33.2 Å². The number of hydrogen-bond donors (Lipinski definition) is 0. The van der Waals surface area contributed by atoms with Gasteiger partial charge in [-0.05, 0) is 35.0 Å². The lowest BCUT2D eigenvalue weighted by Gasteiger charge is -2.14. The number of aromatic nitrogens is 3. The lowest BCUT2D eigenvalue weighted by Crippen LogP contribution is -2.04. The first-order valence-electron chi connectivity index (χ1n) is 16.9. The van der Waals surface area contributed by atoms with Crippen molar-refractivity contribution >= 4 is 75.0 Å². The molecule has 3 aromatic heterocycles. The summed E-state index contributed by atoms with van der Waals surface area (Å²) in [7, 11) is 0. The molecule has 0 N–H and O–H groups in total. The molecule has 3 heterocycles. The minimum absolute atomic E-state index is 0.670. The number of nitrogens with zero attached hydrogens (tertiary/aromatic N) is 3. The van der Waals surface area contributed by atoms with Crippen LogP contribution in [-0.4, -0.2) is 14.5 Å². The van der Waals surface area contributed by atoms with E-state index in [1.165, 1.54) is 59.3 Å². The van der Waals surface area contributed by atoms with E-state index >= 15 is 0 Å². The molecule has 0 unspecified atom stereocenters. The van der Waals surface area contributed by atoms with Crippen LogP contribution >= 0.6 is 11.3 Å². The summed E-state index contributed by atoms with van der Waals surface area (Å²) >= 11 is 1.86. The lowest BCUT2D eigenvalue weighted by molar-refractivity contribution is 1.01. The summed E-state index contributed by atoms with van der Waals surface area (Å²) < 4.78 is 4.90. The van der Waals surface area contributed by atoms with Gasteiger partial charge in [0.05, 0.1) is 22.2 Å². The molecule has 0 aliphatic carbocycles. The minimum Gasteiger partial charge on any atom is -0.277 e. The molecule has 0 aliphatic heterocycles. The fourth-order valence-corrected chi connectivity index (χ4v) is 8.35. The molecule has 49 heavy (non-hydrogen) atoms. The molecule has 10 rings (SSSR count). The first kappa shape index (κ1) is 29.3. The highest BCUT2D eigenvalue weighted by Gasteiger charge is 2.22. The van der Waals surface area contributed by atoms with E-state index in [2.05, 4.69) is 164 Å². The molecule has 0 amide bonds. The van der Waals surface area contributed by atoms with E-state index in [9.17, 15) is 0 Å². The molecule has 0 bridgehead atoms. The number of benzene rings is 7. The van der Waals surface area contributed by atoms with E-state index in [4.69, 9.17) is 9.97 Å². The van der Waals surface area contributed by atoms with E-state index in [1.54, 1.807) is 0 Å². The second-order valence-electron chi connectivity index (χ2n) is 12.5. The van der Waals surface area contributed by atoms with Crippen molar-refractivity contribution in [1.29, 1.82) is 0 Å². The van der Waals surface area contributed by atoms with Crippen molar-refractivity contribution in [1.82, 2.24) is 14.5 Å². The molecule has 3 nitrogen and oxygen atoms in total. The zero-order valence-corrected chi connectivity index (χ0v) is 28.2. The molecule has 4 heteroatoms. The fraction of sp³-hybridized carbons (Fsp3) is 0.0667. The molecule has 0 fully saturated rings. The molecule has 7 aromatic carbocycles. The van der Waals surface area contributed by atoms with Gasteiger partial charge in [0.1, 0.15) is 0 Å². The fourth-order valence-electron chi connectivity index (χ4n) is 7.12. The van der Waals surface area contributed by atoms with Crippen molar-refractivity contribution in [3.05, 3.63) is 152 Å². The lowest BCUT2D eigenvalue weighted by atomic mass is 9.99. The Hall–Kier alpha value is -5.84. The van der Waals surface area contributed by atoms with Gasteiger partial charge < -0.3 is 0 Å². The first-order chi connectivity index (χ1) is 24.2. The van der Waals surface area contributed by atoms with Crippen molar-refractivity contribution < 1.29 is 0 Å². The molecule has 10 aromatic rings. The van der Waals surface area contributed by atoms with Crippen LogP contribution in [-0.2, 0) is 0 Å². The maximum Gasteiger partial charge on any atom is 0.235 e. The Kier molecular flexibility index (Phi) is 7.18. The van der Waals surface area contributed by atoms with Crippen LogP contribution in [0.25, 0.3) is 92.0 Å². The maximum atomic E-state index is 5.38. The summed E-state index contributed by atoms with van der Waals surface area (Å²) in [6.45, 7) is 4.25. The van der Waals surface area contributed by atoms with Crippen LogP contribution in [0.15, 0.2) is 152 Å². The predicted molar refractivity (Wildman–Crippen MR) is 211 cm³/mol. The SMILES string of the molecule is CCC.c1ccc(-c2nc(-n3c4cc5ccccc5cc4c4cccc(-c5cccc6c5sc5ccccc56)c43)nc3ccccc23)cc1. The number of hydrogen-bond acceptors (Lipinski definition) is 3. The van der Waals surface area contributed by atoms with E-state index in [0.29, 0.717) is 5.95 Å². The van der Waals surface area contributed by atoms with Gasteiger partial charge in [-0.1, -0.05) is 148 Å². The molecule has 0 saturated heterocycles. The number of fused-ring (bicyclic) bond motifs is 8. The monoisotopic (exact) mass is 647 g/mol. The van der Waals surface area contributed by atoms with Crippen LogP contribution in [0.1, 0.15) is 20.3 Å². The van der Waals surface area contributed by atoms with Gasteiger partial charge in [0.25, 0.3) is 0 Å². The third-order valence-electron chi connectivity index (χ3n) is 9.19. The molecule has 0 saturated carbocycles. The summed E-state index contributed by atoms with van der Waals surface area (Å²) in [5, 5.41) is 8.42. The molecular weight excluding hydrogens is 615 g/mol. The summed E-state index contributed by atoms with van der Waals surface area (Å²) in [5.74, 6) is 0.670. The van der Waals surface area contributed by atoms with Crippen LogP contribution in [0.3, 0.4) is 0 Å². The van der Waals surface area contributed by atoms with Crippen LogP contribution in [0.2, 0.25) is 0 Å². The van der Waals surface area contributed by atoms with E-state index in [-0.39, 0.29) is 0 Å². The van der Waals surface area contributed by atoms with Gasteiger partial charge in [-0.15, -0.1) is 11.3 Å². The van der Waals surface area contributed by atoms with Crippen molar-refractivity contribution in [3.63, 3.8) is 0 Å². The molecule has 0 aliphatic rings. The average Bonchev–Trinajstić information content (AvgIpc) is 3.70. The Labute approximate surface area is 288 Å². The summed E-state index contributed by atoms with van der Waals surface area (Å²) in [6.07, 6.45) is 1.25. The number of para-hydroxylation sites is 2. The van der Waals surface area contributed by atoms with E-state index in [1.807, 2.05) is 17.4 Å². The van der Waals surface area contributed by atoms with Gasteiger partial charge in [0.15, 0.2) is 0 Å². The Morgan fingerprint density at radius 2 is 1.16 bits per heavy atom. The van der Waals surface area contributed by atoms with Crippen LogP contribution in [0.5, 0.6) is 0 Å². The molecule has 234 valence electrons. The van der Waals surface area contributed by atoms with Gasteiger partial charge in [-0.2, -0.15) is 0 Å². The quantitative estimate of drug-likeness (QED) is 0.191. The molecular formula is C45H33N3S. The maximum absolute atomic E-state index is 5.38. The second-order valence-corrected chi connectivity index (χ2v) is 13.5. The molecule has 0 atom stereocenters. The highest BCUT2D eigenvalue weighted by molar-refractivity contribution is 7.26. The van der Waals surface area contributed by atoms with Gasteiger partial charge in [-0.25, -0.2) is 9.97 Å². The van der Waals surface area contributed by atoms with Crippen molar-refractivity contribution in [2.75, 3.05) is 0 Å². The Bertz CT molecular complexity index is 2830. The smallest absolute Gasteiger partial charge is 0.235 e. The van der Waals surface area contributed by atoms with Gasteiger partial charge >= 0.3 is 0 Å². The predicted octanol–water partition coefficient (Wildman–Crippen LogP) is 13.0. The third kappa shape index (κ3) is 4.79. The summed E-state index contributed by atoms with van der Waals surface area (Å²) in [6, 6.07) is 54.1. The van der Waals surface area contributed by atoms with E-state index < -0.39 is 0 Å². The zero-order chi connectivity index (χ0) is 32.9. The minimum atomic E-state index is 0.670. The summed E-state index contributed by atoms with van der Waals surface area (Å²) in [5.41, 5.74) is 7.54. The summed E-state index contributed by atoms with van der Waals surface area (Å²) in [4.78, 5) is 10.7. The van der Waals surface area contributed by atoms with Crippen molar-refractivity contribution in [2.45, 2.75) is 20.3 Å². The third-order valence-corrected chi connectivity index (χ3v) is 10.4. The topological polar surface area (TPSA) is 30.7 Å². The number of rotatable bonds is 3. The standard InChI is InChI=1S/C42H25N3S.C3H8/c1-2-12-26(13-3-1)39-34-17-6-8-22-36(34)43-42(44-39)45-37-25-28-15-5-4-14-27(28)24-35(37)31-19-10-18-30(40(31)45)33-21-11-20-32-29-16-7-9-23-38(29)46-41(32)33;1-3-2/h1-25H;3H2,1-2H3. The van der Waals surface area contributed by atoms with Crippen LogP contribution in [0, 0.1) is 0 Å². The van der Waals surface area contributed by atoms with Crippen LogP contribution in [0.4, 0.5) is 0 Å². The molecule has 0 spiro atoms. The Morgan fingerprint density at radius 3 is 1.98 bits per heavy atom. The number of thiophene rings is 1. The average molecular weight is 648 g/mol. The normalized spacial score (nSPS) is 11.6. The zero-order valence-electron chi connectivity index (χ0n) is 27.4. The Morgan fingerprint density at radius 1 is 0.531 bits per heavy atom. The molecule has 0 radical (unpaired) electrons. The second kappa shape index (κ2) is 12.0. The highest BCUT2D eigenvalue weighted by atomic mass is 32.1. The highest BCUT2D eigenvalue weighted by Crippen LogP contribution is 2.44. The van der Waals surface area contributed by atoms with Crippen LogP contribution < -0.4 is 0 Å². The van der Waals surface area contributed by atoms with Gasteiger partial charge in [-0.3, -0.25) is 4.57 Å². The Balaban J connectivity index is 0.00000105. The van der Waals surface area contributed by atoms with Gasteiger partial charge in [0, 0.05) is 53.0 Å².